The number of aromatic nitrogens is 2. The van der Waals surface area contributed by atoms with E-state index in [1.807, 2.05) is 19.2 Å². The minimum absolute atomic E-state index is 0.0194. The Hall–Kier alpha value is -4.25. The van der Waals surface area contributed by atoms with Crippen molar-refractivity contribution in [3.63, 3.8) is 0 Å². The highest BCUT2D eigenvalue weighted by molar-refractivity contribution is 7.59. The number of nitrogens with zero attached hydrogens (tertiary/aromatic N) is 3. The molecule has 4 aromatic rings. The fourth-order valence-corrected chi connectivity index (χ4v) is 13.2. The normalized spacial score (nSPS) is 25.4. The van der Waals surface area contributed by atoms with Gasteiger partial charge in [0.25, 0.3) is 0 Å². The third-order valence-corrected chi connectivity index (χ3v) is 16.9. The van der Waals surface area contributed by atoms with Gasteiger partial charge in [-0.1, -0.05) is 17.7 Å². The zero-order valence-electron chi connectivity index (χ0n) is 36.6. The third kappa shape index (κ3) is 10.4. The van der Waals surface area contributed by atoms with Crippen molar-refractivity contribution in [3.8, 4) is 22.9 Å². The second kappa shape index (κ2) is 19.9. The smallest absolute Gasteiger partial charge is 0.306 e. The van der Waals surface area contributed by atoms with Gasteiger partial charge < -0.3 is 38.8 Å². The van der Waals surface area contributed by atoms with Gasteiger partial charge in [-0.3, -0.25) is 18.9 Å². The lowest BCUT2D eigenvalue weighted by molar-refractivity contribution is -0.155. The number of carbonyl (C=O) groups excluding carboxylic acids is 3. The number of carbonyl (C=O) groups is 3. The molecule has 8 rings (SSSR count). The molecular formula is C46H54ClF2N4O10PS. The summed E-state index contributed by atoms with van der Waals surface area (Å²) >= 11 is 8.27. The molecule has 2 saturated carbocycles. The summed E-state index contributed by atoms with van der Waals surface area (Å²) in [5.74, 6) is -4.33. The predicted molar refractivity (Wildman–Crippen MR) is 241 cm³/mol. The van der Waals surface area contributed by atoms with E-state index in [9.17, 15) is 32.6 Å². The van der Waals surface area contributed by atoms with Crippen molar-refractivity contribution >= 4 is 64.0 Å². The topological polar surface area (TPSA) is 176 Å². The van der Waals surface area contributed by atoms with Crippen molar-refractivity contribution in [2.45, 2.75) is 107 Å². The Balaban J connectivity index is 1.14. The van der Waals surface area contributed by atoms with Gasteiger partial charge >= 0.3 is 5.97 Å². The number of thiazole rings is 1. The first-order valence-electron chi connectivity index (χ1n) is 22.2. The SMILES string of the molecule is COc1ccc2c(O[C@@H]3C[C@H]4C(=O)C[C@]5(P(=O)(O)Cc6c(F)cccc6F)C[C@H]5CCOCCOC[C@H](CC(=O)OC5CCCC5)C(=O)N4C3)cc(-c3csc(NC(C)C)n3)nc2c1Cl. The van der Waals surface area contributed by atoms with Crippen LogP contribution in [0.4, 0.5) is 13.9 Å². The Morgan fingerprint density at radius 3 is 2.54 bits per heavy atom. The molecule has 2 saturated heterocycles. The standard InChI is InChI=1S/C46H54ClF2N4O10PS/c1-26(2)50-45-52-36(25-65-45)35-19-40(31-11-12-39(59-3)42(47)43(31)51-35)62-30-18-37-38(54)21-46(64(57,58)24-32-33(48)9-6-10-34(32)49)20-28(46)13-14-60-15-16-61-23-27(44(56)53(37)22-30)17-41(55)63-29-7-4-5-8-29/h6,9-12,19,25-30,37H,4-5,7-8,13-18,20-24H2,1-3H3,(H,50,52)(H,57,58)/t27-,28+,30+,37-,46+/m0/s1. The molecule has 2 aromatic carbocycles. The van der Waals surface area contributed by atoms with Crippen LogP contribution in [-0.4, -0.2) is 107 Å². The van der Waals surface area contributed by atoms with Gasteiger partial charge in [-0.15, -0.1) is 11.3 Å². The Bertz CT molecular complexity index is 2450. The maximum atomic E-state index is 15.0. The van der Waals surface area contributed by atoms with Crippen molar-refractivity contribution in [2.24, 2.45) is 11.8 Å². The van der Waals surface area contributed by atoms with Crippen molar-refractivity contribution in [3.05, 3.63) is 64.0 Å². The molecule has 19 heteroatoms. The highest BCUT2D eigenvalue weighted by atomic mass is 35.5. The van der Waals surface area contributed by atoms with Crippen molar-refractivity contribution in [2.75, 3.05) is 45.4 Å². The van der Waals surface area contributed by atoms with Gasteiger partial charge in [-0.05, 0) is 82.6 Å². The lowest BCUT2D eigenvalue weighted by Crippen LogP contribution is -2.46. The number of fused-ring (bicyclic) bond motifs is 3. The zero-order valence-corrected chi connectivity index (χ0v) is 39.0. The van der Waals surface area contributed by atoms with Gasteiger partial charge in [0, 0.05) is 47.9 Å². The van der Waals surface area contributed by atoms with Crippen LogP contribution in [0.3, 0.4) is 0 Å². The number of esters is 1. The van der Waals surface area contributed by atoms with Gasteiger partial charge in [0.15, 0.2) is 10.9 Å². The highest BCUT2D eigenvalue weighted by Crippen LogP contribution is 2.74. The zero-order chi connectivity index (χ0) is 46.0. The van der Waals surface area contributed by atoms with Crippen LogP contribution in [0.2, 0.25) is 5.02 Å². The number of pyridine rings is 1. The lowest BCUT2D eigenvalue weighted by Gasteiger charge is -2.30. The summed E-state index contributed by atoms with van der Waals surface area (Å²) in [6.07, 6.45) is 1.19. The van der Waals surface area contributed by atoms with Gasteiger partial charge in [-0.2, -0.15) is 0 Å². The Labute approximate surface area is 385 Å². The minimum atomic E-state index is -4.52. The molecule has 2 aromatic heterocycles. The number of ether oxygens (including phenoxy) is 5. The van der Waals surface area contributed by atoms with Gasteiger partial charge in [0.05, 0.1) is 74.4 Å². The van der Waals surface area contributed by atoms with Crippen molar-refractivity contribution in [1.82, 2.24) is 14.9 Å². The number of ketones is 1. The average Bonchev–Trinajstić information content (AvgIpc) is 3.68. The molecule has 65 heavy (non-hydrogen) atoms. The Morgan fingerprint density at radius 2 is 1.80 bits per heavy atom. The summed E-state index contributed by atoms with van der Waals surface area (Å²) < 4.78 is 74.3. The van der Waals surface area contributed by atoms with E-state index in [0.29, 0.717) is 45.3 Å². The molecule has 0 spiro atoms. The quantitative estimate of drug-likeness (QED) is 0.102. The summed E-state index contributed by atoms with van der Waals surface area (Å²) in [6, 6.07) is 7.37. The molecule has 4 fully saturated rings. The first-order chi connectivity index (χ1) is 31.2. The van der Waals surface area contributed by atoms with E-state index in [0.717, 1.165) is 37.8 Å². The van der Waals surface area contributed by atoms with E-state index < -0.39 is 83.9 Å². The Morgan fingerprint density at radius 1 is 1.05 bits per heavy atom. The second-order valence-corrected chi connectivity index (χ2v) is 21.6. The third-order valence-electron chi connectivity index (χ3n) is 12.9. The molecule has 4 heterocycles. The summed E-state index contributed by atoms with van der Waals surface area (Å²) in [7, 11) is -3.02. The lowest BCUT2D eigenvalue weighted by atomic mass is 9.99. The first kappa shape index (κ1) is 47.3. The number of hydrogen-bond donors (Lipinski definition) is 2. The van der Waals surface area contributed by atoms with Crippen LogP contribution in [0.15, 0.2) is 41.8 Å². The van der Waals surface area contributed by atoms with E-state index in [1.54, 1.807) is 18.2 Å². The van der Waals surface area contributed by atoms with E-state index in [4.69, 9.17) is 45.3 Å². The van der Waals surface area contributed by atoms with Crippen LogP contribution >= 0.6 is 30.3 Å². The molecular weight excluding hydrogens is 905 g/mol. The number of methoxy groups -OCH3 is 1. The molecule has 1 unspecified atom stereocenters. The molecule has 1 amide bonds. The first-order valence-corrected chi connectivity index (χ1v) is 25.3. The summed E-state index contributed by atoms with van der Waals surface area (Å²) in [6.45, 7) is 4.16. The van der Waals surface area contributed by atoms with Crippen LogP contribution in [0, 0.1) is 23.5 Å². The maximum Gasteiger partial charge on any atom is 0.306 e. The molecule has 6 atom stereocenters. The van der Waals surface area contributed by atoms with Crippen molar-refractivity contribution < 1.29 is 56.3 Å². The summed E-state index contributed by atoms with van der Waals surface area (Å²) in [4.78, 5) is 66.0. The molecule has 350 valence electrons. The number of amides is 1. The second-order valence-electron chi connectivity index (χ2n) is 17.8. The van der Waals surface area contributed by atoms with Gasteiger partial charge in [0.1, 0.15) is 46.1 Å². The molecule has 2 N–H and O–H groups in total. The van der Waals surface area contributed by atoms with E-state index in [1.165, 1.54) is 29.4 Å². The summed E-state index contributed by atoms with van der Waals surface area (Å²) in [5.41, 5.74) is 0.849. The van der Waals surface area contributed by atoms with Gasteiger partial charge in [0.2, 0.25) is 13.3 Å². The number of hydrogen-bond acceptors (Lipinski definition) is 13. The van der Waals surface area contributed by atoms with E-state index in [-0.39, 0.29) is 69.4 Å². The maximum absolute atomic E-state index is 15.0. The fourth-order valence-electron chi connectivity index (χ4n) is 9.46. The molecule has 0 bridgehead atoms. The average molecular weight is 959 g/mol. The largest absolute Gasteiger partial charge is 0.495 e. The minimum Gasteiger partial charge on any atom is -0.495 e. The van der Waals surface area contributed by atoms with Crippen LogP contribution in [0.1, 0.15) is 77.2 Å². The summed E-state index contributed by atoms with van der Waals surface area (Å²) in [5, 5.41) is 5.08. The highest BCUT2D eigenvalue weighted by Gasteiger charge is 2.66. The van der Waals surface area contributed by atoms with Gasteiger partial charge in [-0.25, -0.2) is 18.7 Å². The number of Topliss-reactive ketones (excluding diaryl/α,β-unsaturated/α-hetero) is 1. The number of halogens is 3. The molecule has 4 aliphatic rings. The number of anilines is 1. The number of nitrogens with one attached hydrogen (secondary N) is 1. The van der Waals surface area contributed by atoms with E-state index in [2.05, 4.69) is 5.32 Å². The molecule has 14 nitrogen and oxygen atoms in total. The predicted octanol–water partition coefficient (Wildman–Crippen LogP) is 8.58. The van der Waals surface area contributed by atoms with Crippen LogP contribution < -0.4 is 14.8 Å². The molecule has 0 radical (unpaired) electrons. The van der Waals surface area contributed by atoms with Crippen LogP contribution in [-0.2, 0) is 39.3 Å². The fraction of sp³-hybridized carbons (Fsp3) is 0.543. The Kier molecular flexibility index (Phi) is 14.5. The monoisotopic (exact) mass is 958 g/mol. The van der Waals surface area contributed by atoms with Crippen LogP contribution in [0.25, 0.3) is 22.3 Å². The van der Waals surface area contributed by atoms with Crippen LogP contribution in [0.5, 0.6) is 11.5 Å². The number of benzene rings is 2. The molecule has 2 aliphatic heterocycles. The van der Waals surface area contributed by atoms with E-state index >= 15 is 0 Å². The van der Waals surface area contributed by atoms with Crippen molar-refractivity contribution in [1.29, 1.82) is 0 Å². The molecule has 2 aliphatic carbocycles. The number of rotatable bonds is 12.